The molecule has 0 spiro atoms. The molecule has 0 saturated heterocycles. The van der Waals surface area contributed by atoms with E-state index in [0.717, 1.165) is 5.56 Å². The van der Waals surface area contributed by atoms with Crippen LogP contribution >= 0.6 is 0 Å². The number of amides is 1. The van der Waals surface area contributed by atoms with Gasteiger partial charge in [-0.2, -0.15) is 0 Å². The first kappa shape index (κ1) is 26.2. The number of carbonyl (C=O) groups excluding carboxylic acids is 2. The minimum atomic E-state index is -1.42. The van der Waals surface area contributed by atoms with Crippen molar-refractivity contribution in [3.63, 3.8) is 0 Å². The lowest BCUT2D eigenvalue weighted by atomic mass is 10.2. The molecule has 1 amide bonds. The van der Waals surface area contributed by atoms with Gasteiger partial charge in [-0.15, -0.1) is 0 Å². The maximum absolute atomic E-state index is 12.8. The number of halogens is 1. The largest absolute Gasteiger partial charge is 0.505 e. The average Bonchev–Trinajstić information content (AvgIpc) is 3.07. The fourth-order valence-electron chi connectivity index (χ4n) is 2.57. The molecule has 2 atom stereocenters. The van der Waals surface area contributed by atoms with Crippen molar-refractivity contribution in [3.05, 3.63) is 59.3 Å². The van der Waals surface area contributed by atoms with E-state index in [4.69, 9.17) is 30.9 Å². The summed E-state index contributed by atoms with van der Waals surface area (Å²) in [6.45, 7) is 1.80. The Labute approximate surface area is 193 Å². The van der Waals surface area contributed by atoms with Gasteiger partial charge in [0.05, 0.1) is 18.9 Å². The minimum absolute atomic E-state index is 0.178. The standard InChI is InChI=1S/C15H17FN4O2.C6H8O6/c1-2-22-15(21)19-12-7-8-13(20-14(12)17)18-9-10-3-5-11(16)6-4-10;7-1-2(8)5-3(9)4(10)6(11)12-5/h3-8H,2,9H2,1H3,(H,19,21)(H3,17,18,20);2,5,7-10H,1H2/t;2-,5+/m.0/s1. The van der Waals surface area contributed by atoms with Crippen molar-refractivity contribution in [2.75, 3.05) is 29.6 Å². The molecule has 184 valence electrons. The van der Waals surface area contributed by atoms with E-state index in [2.05, 4.69) is 20.4 Å². The van der Waals surface area contributed by atoms with Gasteiger partial charge in [0, 0.05) is 6.54 Å². The number of nitrogen functional groups attached to an aromatic ring is 1. The van der Waals surface area contributed by atoms with Crippen LogP contribution in [-0.2, 0) is 20.8 Å². The van der Waals surface area contributed by atoms with Gasteiger partial charge in [-0.05, 0) is 36.8 Å². The fraction of sp³-hybridized carbons (Fsp3) is 0.286. The van der Waals surface area contributed by atoms with Gasteiger partial charge in [-0.1, -0.05) is 12.1 Å². The van der Waals surface area contributed by atoms with Crippen molar-refractivity contribution >= 4 is 29.4 Å². The van der Waals surface area contributed by atoms with E-state index in [0.29, 0.717) is 18.1 Å². The normalized spacial score (nSPS) is 15.6. The third kappa shape index (κ3) is 7.21. The Morgan fingerprint density at radius 1 is 1.26 bits per heavy atom. The molecule has 34 heavy (non-hydrogen) atoms. The van der Waals surface area contributed by atoms with Crippen molar-refractivity contribution in [2.24, 2.45) is 0 Å². The van der Waals surface area contributed by atoms with Crippen LogP contribution in [0.5, 0.6) is 0 Å². The quantitative estimate of drug-likeness (QED) is 0.284. The van der Waals surface area contributed by atoms with Gasteiger partial charge in [0.2, 0.25) is 5.76 Å². The van der Waals surface area contributed by atoms with Gasteiger partial charge >= 0.3 is 12.1 Å². The molecule has 2 heterocycles. The van der Waals surface area contributed by atoms with Gasteiger partial charge in [-0.3, -0.25) is 5.32 Å². The Kier molecular flexibility index (Phi) is 9.40. The minimum Gasteiger partial charge on any atom is -0.505 e. The number of hydrogen-bond acceptors (Lipinski definition) is 11. The molecule has 13 heteroatoms. The van der Waals surface area contributed by atoms with Crippen LogP contribution in [0.1, 0.15) is 12.5 Å². The fourth-order valence-corrected chi connectivity index (χ4v) is 2.57. The molecule has 3 rings (SSSR count). The zero-order valence-electron chi connectivity index (χ0n) is 18.1. The van der Waals surface area contributed by atoms with Crippen LogP contribution in [0.4, 0.5) is 26.5 Å². The predicted octanol–water partition coefficient (Wildman–Crippen LogP) is 1.58. The Balaban J connectivity index is 0.000000287. The van der Waals surface area contributed by atoms with E-state index < -0.39 is 42.4 Å². The molecule has 1 aliphatic rings. The molecule has 1 aromatic carbocycles. The van der Waals surface area contributed by atoms with Crippen LogP contribution in [0.2, 0.25) is 0 Å². The van der Waals surface area contributed by atoms with Crippen LogP contribution in [0.15, 0.2) is 47.9 Å². The number of hydrogen-bond donors (Lipinski definition) is 7. The average molecular weight is 480 g/mol. The number of cyclic esters (lactones) is 1. The number of anilines is 3. The highest BCUT2D eigenvalue weighted by Gasteiger charge is 2.38. The highest BCUT2D eigenvalue weighted by molar-refractivity contribution is 5.89. The zero-order chi connectivity index (χ0) is 25.3. The van der Waals surface area contributed by atoms with E-state index in [9.17, 15) is 14.0 Å². The summed E-state index contributed by atoms with van der Waals surface area (Å²) in [7, 11) is 0. The molecule has 1 aromatic heterocycles. The van der Waals surface area contributed by atoms with Gasteiger partial charge in [0.1, 0.15) is 23.6 Å². The van der Waals surface area contributed by atoms with Gasteiger partial charge in [-0.25, -0.2) is 19.0 Å². The van der Waals surface area contributed by atoms with Gasteiger partial charge in [0.15, 0.2) is 11.9 Å². The molecule has 0 unspecified atom stereocenters. The third-order valence-electron chi connectivity index (χ3n) is 4.30. The number of nitrogens with zero attached hydrogens (tertiary/aromatic N) is 1. The van der Waals surface area contributed by atoms with Crippen molar-refractivity contribution in [1.29, 1.82) is 0 Å². The lowest BCUT2D eigenvalue weighted by Gasteiger charge is -2.13. The number of esters is 1. The Morgan fingerprint density at radius 3 is 2.47 bits per heavy atom. The number of pyridine rings is 1. The summed E-state index contributed by atoms with van der Waals surface area (Å²) in [6.07, 6.45) is -3.36. The number of aliphatic hydroxyl groups is 4. The summed E-state index contributed by atoms with van der Waals surface area (Å²) in [6, 6.07) is 9.47. The molecule has 0 saturated carbocycles. The molecule has 0 radical (unpaired) electrons. The molecule has 1 aliphatic heterocycles. The number of aromatic nitrogens is 1. The second-order valence-electron chi connectivity index (χ2n) is 6.76. The summed E-state index contributed by atoms with van der Waals surface area (Å²) < 4.78 is 21.9. The van der Waals surface area contributed by atoms with Crippen molar-refractivity contribution in [2.45, 2.75) is 25.7 Å². The number of nitrogens with two attached hydrogens (primary N) is 1. The summed E-state index contributed by atoms with van der Waals surface area (Å²) in [5.41, 5.74) is 7.08. The summed E-state index contributed by atoms with van der Waals surface area (Å²) in [5.74, 6) is -2.33. The molecule has 8 N–H and O–H groups in total. The van der Waals surface area contributed by atoms with Crippen LogP contribution in [0, 0.1) is 5.82 Å². The van der Waals surface area contributed by atoms with Crippen LogP contribution in [-0.4, -0.2) is 62.9 Å². The van der Waals surface area contributed by atoms with Crippen molar-refractivity contribution < 1.29 is 43.9 Å². The van der Waals surface area contributed by atoms with Crippen molar-refractivity contribution in [1.82, 2.24) is 4.98 Å². The Hall–Kier alpha value is -4.10. The van der Waals surface area contributed by atoms with E-state index in [1.54, 1.807) is 31.2 Å². The molecule has 2 aromatic rings. The molecule has 0 bridgehead atoms. The molecule has 0 aliphatic carbocycles. The van der Waals surface area contributed by atoms with Crippen molar-refractivity contribution in [3.8, 4) is 0 Å². The summed E-state index contributed by atoms with van der Waals surface area (Å²) >= 11 is 0. The Bertz CT molecular complexity index is 1030. The SMILES string of the molecule is CCOC(=O)Nc1ccc(NCc2ccc(F)cc2)nc1N.O=C1O[C@H]([C@@H](O)CO)C(O)=C1O. The highest BCUT2D eigenvalue weighted by atomic mass is 19.1. The number of aliphatic hydroxyl groups excluding tert-OH is 4. The first-order valence-corrected chi connectivity index (χ1v) is 9.96. The van der Waals surface area contributed by atoms with Gasteiger partial charge < -0.3 is 41.0 Å². The van der Waals surface area contributed by atoms with E-state index in [-0.39, 0.29) is 18.2 Å². The van der Waals surface area contributed by atoms with Crippen LogP contribution in [0.3, 0.4) is 0 Å². The molecular weight excluding hydrogens is 455 g/mol. The third-order valence-corrected chi connectivity index (χ3v) is 4.30. The maximum Gasteiger partial charge on any atom is 0.411 e. The number of nitrogens with one attached hydrogen (secondary N) is 2. The van der Waals surface area contributed by atoms with E-state index in [1.807, 2.05) is 0 Å². The molecular formula is C21H25FN4O8. The van der Waals surface area contributed by atoms with E-state index >= 15 is 0 Å². The summed E-state index contributed by atoms with van der Waals surface area (Å²) in [4.78, 5) is 26.0. The topological polar surface area (TPSA) is 196 Å². The summed E-state index contributed by atoms with van der Waals surface area (Å²) in [5, 5.41) is 40.6. The number of rotatable bonds is 7. The first-order valence-electron chi connectivity index (χ1n) is 9.96. The van der Waals surface area contributed by atoms with Gasteiger partial charge in [0.25, 0.3) is 0 Å². The number of benzene rings is 1. The second kappa shape index (κ2) is 12.2. The monoisotopic (exact) mass is 480 g/mol. The maximum atomic E-state index is 12.8. The zero-order valence-corrected chi connectivity index (χ0v) is 18.1. The lowest BCUT2D eigenvalue weighted by molar-refractivity contribution is -0.147. The predicted molar refractivity (Wildman–Crippen MR) is 118 cm³/mol. The lowest BCUT2D eigenvalue weighted by Crippen LogP contribution is -2.31. The van der Waals surface area contributed by atoms with E-state index in [1.165, 1.54) is 12.1 Å². The molecule has 12 nitrogen and oxygen atoms in total. The van der Waals surface area contributed by atoms with Crippen LogP contribution < -0.4 is 16.4 Å². The van der Waals surface area contributed by atoms with Crippen LogP contribution in [0.25, 0.3) is 0 Å². The second-order valence-corrected chi connectivity index (χ2v) is 6.76. The first-order chi connectivity index (χ1) is 16.2. The number of ether oxygens (including phenoxy) is 2. The smallest absolute Gasteiger partial charge is 0.411 e. The molecule has 0 fully saturated rings. The Morgan fingerprint density at radius 2 is 1.94 bits per heavy atom. The highest BCUT2D eigenvalue weighted by Crippen LogP contribution is 2.21. The number of carbonyl (C=O) groups is 2.